The molecule has 2 amide bonds. The van der Waals surface area contributed by atoms with Crippen molar-refractivity contribution >= 4 is 39.9 Å². The zero-order valence-corrected chi connectivity index (χ0v) is 16.1. The van der Waals surface area contributed by atoms with Gasteiger partial charge >= 0.3 is 5.97 Å². The van der Waals surface area contributed by atoms with E-state index in [0.29, 0.717) is 5.56 Å². The number of carbonyl (C=O) groups excluding carboxylic acids is 3. The summed E-state index contributed by atoms with van der Waals surface area (Å²) in [5.74, 6) is -1.44. The minimum atomic E-state index is -0.673. The van der Waals surface area contributed by atoms with Crippen LogP contribution in [-0.4, -0.2) is 30.9 Å². The minimum Gasteiger partial charge on any atom is -0.454 e. The largest absolute Gasteiger partial charge is 0.454 e. The molecule has 0 saturated carbocycles. The quantitative estimate of drug-likeness (QED) is 0.601. The Morgan fingerprint density at radius 3 is 2.57 bits per heavy atom. The van der Waals surface area contributed by atoms with Gasteiger partial charge in [-0.25, -0.2) is 0 Å². The maximum atomic E-state index is 12.2. The van der Waals surface area contributed by atoms with Crippen molar-refractivity contribution in [3.63, 3.8) is 0 Å². The van der Waals surface area contributed by atoms with Crippen molar-refractivity contribution in [2.24, 2.45) is 0 Å². The van der Waals surface area contributed by atoms with E-state index in [1.54, 1.807) is 12.1 Å². The SMILES string of the molecule is C[C@H](NC(=O)COC(=O)CNC(=O)c1ccc2ccccc2c1)c1cccs1. The lowest BCUT2D eigenvalue weighted by Gasteiger charge is -2.12. The molecular weight excluding hydrogens is 376 g/mol. The molecule has 0 saturated heterocycles. The van der Waals surface area contributed by atoms with Gasteiger partial charge in [0.05, 0.1) is 6.04 Å². The standard InChI is InChI=1S/C21H20N2O4S/c1-14(18-7-4-10-28-18)23-19(24)13-27-20(25)12-22-21(26)17-9-8-15-5-2-3-6-16(15)11-17/h2-11,14H,12-13H2,1H3,(H,22,26)(H,23,24)/t14-/m0/s1. The fraction of sp³-hybridized carbons (Fsp3) is 0.190. The lowest BCUT2D eigenvalue weighted by Crippen LogP contribution is -2.34. The van der Waals surface area contributed by atoms with Gasteiger partial charge in [0.25, 0.3) is 11.8 Å². The molecule has 1 aromatic heterocycles. The Balaban J connectivity index is 1.43. The van der Waals surface area contributed by atoms with Gasteiger partial charge in [0.2, 0.25) is 0 Å². The summed E-state index contributed by atoms with van der Waals surface area (Å²) in [4.78, 5) is 36.9. The van der Waals surface area contributed by atoms with Crippen LogP contribution < -0.4 is 10.6 Å². The zero-order valence-electron chi connectivity index (χ0n) is 15.3. The maximum Gasteiger partial charge on any atom is 0.325 e. The molecule has 2 aromatic carbocycles. The molecule has 3 rings (SSSR count). The zero-order chi connectivity index (χ0) is 19.9. The first-order valence-corrected chi connectivity index (χ1v) is 9.66. The Bertz CT molecular complexity index is 985. The van der Waals surface area contributed by atoms with Crippen LogP contribution in [0.25, 0.3) is 10.8 Å². The topological polar surface area (TPSA) is 84.5 Å². The number of hydrogen-bond donors (Lipinski definition) is 2. The fourth-order valence-corrected chi connectivity index (χ4v) is 3.41. The average molecular weight is 396 g/mol. The number of nitrogens with one attached hydrogen (secondary N) is 2. The lowest BCUT2D eigenvalue weighted by molar-refractivity contribution is -0.147. The molecule has 1 heterocycles. The van der Waals surface area contributed by atoms with Crippen molar-refractivity contribution in [2.75, 3.05) is 13.2 Å². The number of carbonyl (C=O) groups is 3. The van der Waals surface area contributed by atoms with Gasteiger partial charge in [0, 0.05) is 10.4 Å². The Labute approximate surface area is 166 Å². The Kier molecular flexibility index (Phi) is 6.39. The first-order chi connectivity index (χ1) is 13.5. The van der Waals surface area contributed by atoms with Crippen molar-refractivity contribution in [1.29, 1.82) is 0 Å². The van der Waals surface area contributed by atoms with Crippen LogP contribution in [0, 0.1) is 0 Å². The van der Waals surface area contributed by atoms with Crippen LogP contribution in [-0.2, 0) is 14.3 Å². The Morgan fingerprint density at radius 2 is 1.82 bits per heavy atom. The summed E-state index contributed by atoms with van der Waals surface area (Å²) in [6.45, 7) is 1.16. The normalized spacial score (nSPS) is 11.6. The highest BCUT2D eigenvalue weighted by Gasteiger charge is 2.14. The molecule has 144 valence electrons. The van der Waals surface area contributed by atoms with Crippen molar-refractivity contribution in [1.82, 2.24) is 10.6 Å². The first kappa shape index (κ1) is 19.6. The van der Waals surface area contributed by atoms with Crippen LogP contribution in [0.4, 0.5) is 0 Å². The second-order valence-electron chi connectivity index (χ2n) is 6.21. The van der Waals surface area contributed by atoms with Crippen molar-refractivity contribution in [3.05, 3.63) is 70.4 Å². The number of hydrogen-bond acceptors (Lipinski definition) is 5. The molecule has 0 fully saturated rings. The minimum absolute atomic E-state index is 0.154. The summed E-state index contributed by atoms with van der Waals surface area (Å²) in [5.41, 5.74) is 0.453. The molecule has 0 spiro atoms. The summed E-state index contributed by atoms with van der Waals surface area (Å²) in [6.07, 6.45) is 0. The molecular formula is C21H20N2O4S. The lowest BCUT2D eigenvalue weighted by atomic mass is 10.1. The number of esters is 1. The van der Waals surface area contributed by atoms with E-state index in [9.17, 15) is 14.4 Å². The second kappa shape index (κ2) is 9.14. The van der Waals surface area contributed by atoms with Crippen LogP contribution in [0.15, 0.2) is 60.0 Å². The van der Waals surface area contributed by atoms with Crippen LogP contribution in [0.3, 0.4) is 0 Å². The summed E-state index contributed by atoms with van der Waals surface area (Å²) >= 11 is 1.54. The third-order valence-electron chi connectivity index (χ3n) is 4.12. The summed E-state index contributed by atoms with van der Waals surface area (Å²) in [5, 5.41) is 9.15. The second-order valence-corrected chi connectivity index (χ2v) is 7.19. The molecule has 6 nitrogen and oxygen atoms in total. The van der Waals surface area contributed by atoms with Crippen LogP contribution in [0.2, 0.25) is 0 Å². The van der Waals surface area contributed by atoms with Crippen molar-refractivity contribution < 1.29 is 19.1 Å². The maximum absolute atomic E-state index is 12.2. The number of rotatable bonds is 7. The molecule has 7 heteroatoms. The van der Waals surface area contributed by atoms with Gasteiger partial charge in [-0.05, 0) is 41.3 Å². The van der Waals surface area contributed by atoms with Gasteiger partial charge in [-0.15, -0.1) is 11.3 Å². The van der Waals surface area contributed by atoms with E-state index < -0.39 is 11.9 Å². The van der Waals surface area contributed by atoms with E-state index in [0.717, 1.165) is 15.6 Å². The molecule has 0 radical (unpaired) electrons. The van der Waals surface area contributed by atoms with Crippen LogP contribution >= 0.6 is 11.3 Å². The van der Waals surface area contributed by atoms with E-state index in [1.165, 1.54) is 11.3 Å². The summed E-state index contributed by atoms with van der Waals surface area (Å²) in [6, 6.07) is 16.7. The third kappa shape index (κ3) is 5.17. The highest BCUT2D eigenvalue weighted by atomic mass is 32.1. The molecule has 0 unspecified atom stereocenters. The van der Waals surface area contributed by atoms with Gasteiger partial charge in [0.15, 0.2) is 6.61 Å². The number of benzene rings is 2. The number of fused-ring (bicyclic) bond motifs is 1. The molecule has 0 bridgehead atoms. The first-order valence-electron chi connectivity index (χ1n) is 8.78. The third-order valence-corrected chi connectivity index (χ3v) is 5.17. The van der Waals surface area contributed by atoms with E-state index in [1.807, 2.05) is 54.8 Å². The van der Waals surface area contributed by atoms with E-state index in [-0.39, 0.29) is 25.1 Å². The number of ether oxygens (including phenoxy) is 1. The average Bonchev–Trinajstić information content (AvgIpc) is 3.25. The molecule has 0 aliphatic carbocycles. The summed E-state index contributed by atoms with van der Waals surface area (Å²) in [7, 11) is 0. The van der Waals surface area contributed by atoms with Crippen molar-refractivity contribution in [3.8, 4) is 0 Å². The molecule has 3 aromatic rings. The van der Waals surface area contributed by atoms with Crippen molar-refractivity contribution in [2.45, 2.75) is 13.0 Å². The van der Waals surface area contributed by atoms with E-state index >= 15 is 0 Å². The highest BCUT2D eigenvalue weighted by molar-refractivity contribution is 7.10. The predicted octanol–water partition coefficient (Wildman–Crippen LogP) is 3.05. The smallest absolute Gasteiger partial charge is 0.325 e. The Morgan fingerprint density at radius 1 is 1.04 bits per heavy atom. The molecule has 0 aliphatic heterocycles. The predicted molar refractivity (Wildman–Crippen MR) is 108 cm³/mol. The van der Waals surface area contributed by atoms with E-state index in [4.69, 9.17) is 4.74 Å². The molecule has 0 aliphatic rings. The van der Waals surface area contributed by atoms with Gasteiger partial charge in [-0.2, -0.15) is 0 Å². The Hall–Kier alpha value is -3.19. The van der Waals surface area contributed by atoms with Crippen LogP contribution in [0.5, 0.6) is 0 Å². The van der Waals surface area contributed by atoms with Gasteiger partial charge in [0.1, 0.15) is 6.54 Å². The number of amides is 2. The van der Waals surface area contributed by atoms with Crippen LogP contribution in [0.1, 0.15) is 28.2 Å². The van der Waals surface area contributed by atoms with Gasteiger partial charge < -0.3 is 15.4 Å². The van der Waals surface area contributed by atoms with E-state index in [2.05, 4.69) is 10.6 Å². The summed E-state index contributed by atoms with van der Waals surface area (Å²) < 4.78 is 4.92. The van der Waals surface area contributed by atoms with Gasteiger partial charge in [-0.3, -0.25) is 14.4 Å². The highest BCUT2D eigenvalue weighted by Crippen LogP contribution is 2.18. The number of thiophene rings is 1. The molecule has 2 N–H and O–H groups in total. The molecule has 1 atom stereocenters. The monoisotopic (exact) mass is 396 g/mol. The molecule has 28 heavy (non-hydrogen) atoms. The van der Waals surface area contributed by atoms with Gasteiger partial charge in [-0.1, -0.05) is 36.4 Å². The fourth-order valence-electron chi connectivity index (χ4n) is 2.67.